The summed E-state index contributed by atoms with van der Waals surface area (Å²) in [5.74, 6) is -2.75. The van der Waals surface area contributed by atoms with E-state index >= 15 is 0 Å². The zero-order valence-corrected chi connectivity index (χ0v) is 5.64. The molecule has 4 heteroatoms. The molecule has 60 valence electrons. The number of hydrogen-bond donors (Lipinski definition) is 3. The van der Waals surface area contributed by atoms with Crippen molar-refractivity contribution in [3.63, 3.8) is 0 Å². The van der Waals surface area contributed by atoms with Crippen LogP contribution in [0.15, 0.2) is 24.0 Å². The number of allylic oxidation sites excluding steroid dienone is 2. The first-order valence-corrected chi connectivity index (χ1v) is 3.11. The number of carboxylic acids is 1. The summed E-state index contributed by atoms with van der Waals surface area (Å²) >= 11 is 0. The van der Waals surface area contributed by atoms with Crippen LogP contribution in [0.1, 0.15) is 0 Å². The zero-order chi connectivity index (χ0) is 8.43. The highest BCUT2D eigenvalue weighted by atomic mass is 16.4. The van der Waals surface area contributed by atoms with Gasteiger partial charge in [-0.2, -0.15) is 0 Å². The summed E-state index contributed by atoms with van der Waals surface area (Å²) in [6.07, 6.45) is 2.86. The van der Waals surface area contributed by atoms with Crippen LogP contribution in [0, 0.1) is 5.92 Å². The van der Waals surface area contributed by atoms with Crippen molar-refractivity contribution < 1.29 is 20.1 Å². The Morgan fingerprint density at radius 1 is 1.55 bits per heavy atom. The predicted molar refractivity (Wildman–Crippen MR) is 37.0 cm³/mol. The molecule has 0 aromatic carbocycles. The zero-order valence-electron chi connectivity index (χ0n) is 5.64. The van der Waals surface area contributed by atoms with Gasteiger partial charge >= 0.3 is 5.97 Å². The lowest BCUT2D eigenvalue weighted by Gasteiger charge is -2.17. The fourth-order valence-electron chi connectivity index (χ4n) is 0.930. The number of aliphatic hydroxyl groups excluding tert-OH is 2. The van der Waals surface area contributed by atoms with Crippen molar-refractivity contribution in [2.75, 3.05) is 0 Å². The molecule has 1 aliphatic carbocycles. The Kier molecular flexibility index (Phi) is 1.96. The summed E-state index contributed by atoms with van der Waals surface area (Å²) in [5, 5.41) is 26.5. The highest BCUT2D eigenvalue weighted by molar-refractivity contribution is 5.74. The molecule has 11 heavy (non-hydrogen) atoms. The van der Waals surface area contributed by atoms with Crippen molar-refractivity contribution in [3.05, 3.63) is 24.0 Å². The fourth-order valence-corrected chi connectivity index (χ4v) is 0.930. The van der Waals surface area contributed by atoms with Crippen molar-refractivity contribution in [3.8, 4) is 0 Å². The molecule has 0 radical (unpaired) electrons. The Bertz CT molecular complexity index is 229. The van der Waals surface area contributed by atoms with Crippen LogP contribution < -0.4 is 0 Å². The van der Waals surface area contributed by atoms with Crippen LogP contribution in [0.3, 0.4) is 0 Å². The van der Waals surface area contributed by atoms with Gasteiger partial charge in [0.1, 0.15) is 11.7 Å². The maximum absolute atomic E-state index is 10.4. The smallest absolute Gasteiger partial charge is 0.317 e. The Labute approximate surface area is 63.1 Å². The number of aliphatic carboxylic acids is 1. The summed E-state index contributed by atoms with van der Waals surface area (Å²) in [6, 6.07) is 0. The predicted octanol–water partition coefficient (Wildman–Crippen LogP) is 0.0598. The van der Waals surface area contributed by atoms with E-state index in [1.54, 1.807) is 0 Å². The lowest BCUT2D eigenvalue weighted by Crippen LogP contribution is -2.29. The number of carbonyl (C=O) groups is 1. The molecule has 0 spiro atoms. The van der Waals surface area contributed by atoms with Gasteiger partial charge in [0.25, 0.3) is 0 Å². The van der Waals surface area contributed by atoms with E-state index in [9.17, 15) is 4.79 Å². The molecule has 0 aromatic heterocycles. The second-order valence-corrected chi connectivity index (χ2v) is 2.28. The van der Waals surface area contributed by atoms with E-state index in [0.717, 1.165) is 0 Å². The summed E-state index contributed by atoms with van der Waals surface area (Å²) in [7, 11) is 0. The molecule has 0 saturated heterocycles. The van der Waals surface area contributed by atoms with Crippen LogP contribution in [-0.2, 0) is 4.79 Å². The molecule has 3 N–H and O–H groups in total. The monoisotopic (exact) mass is 156 g/mol. The molecule has 1 rings (SSSR count). The van der Waals surface area contributed by atoms with Gasteiger partial charge in [0.2, 0.25) is 0 Å². The Morgan fingerprint density at radius 2 is 2.18 bits per heavy atom. The molecule has 0 amide bonds. The third kappa shape index (κ3) is 1.40. The van der Waals surface area contributed by atoms with Crippen LogP contribution in [0.2, 0.25) is 0 Å². The molecule has 0 saturated carbocycles. The van der Waals surface area contributed by atoms with Gasteiger partial charge in [-0.05, 0) is 6.08 Å². The number of rotatable bonds is 1. The van der Waals surface area contributed by atoms with Gasteiger partial charge in [0, 0.05) is 0 Å². The standard InChI is InChI=1S/C7H8O4/c8-4-2-1-3-5(9)6(4)7(10)11/h1-4,6,8-9H,(H,10,11). The minimum Gasteiger partial charge on any atom is -0.511 e. The topological polar surface area (TPSA) is 77.8 Å². The van der Waals surface area contributed by atoms with E-state index in [4.69, 9.17) is 15.3 Å². The molecule has 2 unspecified atom stereocenters. The molecule has 1 aliphatic rings. The highest BCUT2D eigenvalue weighted by Gasteiger charge is 2.30. The SMILES string of the molecule is O=C(O)C1C(O)=CC=CC1O. The van der Waals surface area contributed by atoms with Gasteiger partial charge in [0.15, 0.2) is 0 Å². The summed E-state index contributed by atoms with van der Waals surface area (Å²) in [5.41, 5.74) is 0. The van der Waals surface area contributed by atoms with Gasteiger partial charge < -0.3 is 15.3 Å². The van der Waals surface area contributed by atoms with Crippen LogP contribution in [0.25, 0.3) is 0 Å². The number of carboxylic acid groups (broad SMARTS) is 1. The second kappa shape index (κ2) is 2.75. The molecule has 0 bridgehead atoms. The summed E-state index contributed by atoms with van der Waals surface area (Å²) < 4.78 is 0. The van der Waals surface area contributed by atoms with E-state index in [1.807, 2.05) is 0 Å². The minimum absolute atomic E-state index is 0.312. The van der Waals surface area contributed by atoms with Crippen LogP contribution in [0.4, 0.5) is 0 Å². The third-order valence-electron chi connectivity index (χ3n) is 1.50. The fraction of sp³-hybridized carbons (Fsp3) is 0.286. The molecule has 0 aliphatic heterocycles. The first kappa shape index (κ1) is 7.81. The Hall–Kier alpha value is -1.29. The molecule has 2 atom stereocenters. The summed E-state index contributed by atoms with van der Waals surface area (Å²) in [6.45, 7) is 0. The number of aliphatic hydroxyl groups is 2. The normalized spacial score (nSPS) is 29.7. The lowest BCUT2D eigenvalue weighted by molar-refractivity contribution is -0.144. The van der Waals surface area contributed by atoms with Crippen LogP contribution in [-0.4, -0.2) is 27.4 Å². The van der Waals surface area contributed by atoms with Crippen LogP contribution >= 0.6 is 0 Å². The van der Waals surface area contributed by atoms with Crippen LogP contribution in [0.5, 0.6) is 0 Å². The van der Waals surface area contributed by atoms with Gasteiger partial charge in [-0.1, -0.05) is 12.2 Å². The summed E-state index contributed by atoms with van der Waals surface area (Å²) in [4.78, 5) is 10.4. The van der Waals surface area contributed by atoms with Crippen molar-refractivity contribution >= 4 is 5.97 Å². The molecule has 0 heterocycles. The largest absolute Gasteiger partial charge is 0.511 e. The third-order valence-corrected chi connectivity index (χ3v) is 1.50. The van der Waals surface area contributed by atoms with Crippen molar-refractivity contribution in [2.45, 2.75) is 6.10 Å². The van der Waals surface area contributed by atoms with E-state index in [1.165, 1.54) is 18.2 Å². The second-order valence-electron chi connectivity index (χ2n) is 2.28. The Morgan fingerprint density at radius 3 is 2.55 bits per heavy atom. The van der Waals surface area contributed by atoms with Gasteiger partial charge in [-0.25, -0.2) is 0 Å². The van der Waals surface area contributed by atoms with Gasteiger partial charge in [-0.3, -0.25) is 4.79 Å². The van der Waals surface area contributed by atoms with E-state index < -0.39 is 18.0 Å². The van der Waals surface area contributed by atoms with E-state index in [-0.39, 0.29) is 5.76 Å². The number of hydrogen-bond acceptors (Lipinski definition) is 3. The average molecular weight is 156 g/mol. The van der Waals surface area contributed by atoms with Crippen molar-refractivity contribution in [1.82, 2.24) is 0 Å². The van der Waals surface area contributed by atoms with Crippen molar-refractivity contribution in [1.29, 1.82) is 0 Å². The first-order valence-electron chi connectivity index (χ1n) is 3.11. The van der Waals surface area contributed by atoms with E-state index in [2.05, 4.69) is 0 Å². The van der Waals surface area contributed by atoms with Crippen molar-refractivity contribution in [2.24, 2.45) is 5.92 Å². The molecule has 0 aromatic rings. The highest BCUT2D eigenvalue weighted by Crippen LogP contribution is 2.18. The minimum atomic E-state index is -1.23. The Balaban J connectivity index is 2.86. The molecule has 0 fully saturated rings. The maximum atomic E-state index is 10.4. The maximum Gasteiger partial charge on any atom is 0.317 e. The average Bonchev–Trinajstić information content (AvgIpc) is 1.85. The molecular formula is C7H8O4. The molecule has 4 nitrogen and oxygen atoms in total. The quantitative estimate of drug-likeness (QED) is 0.501. The van der Waals surface area contributed by atoms with Gasteiger partial charge in [-0.15, -0.1) is 0 Å². The first-order chi connectivity index (χ1) is 5.13. The van der Waals surface area contributed by atoms with E-state index in [0.29, 0.717) is 0 Å². The molecular weight excluding hydrogens is 148 g/mol. The van der Waals surface area contributed by atoms with Gasteiger partial charge in [0.05, 0.1) is 6.10 Å². The lowest BCUT2D eigenvalue weighted by atomic mass is 9.96.